The van der Waals surface area contributed by atoms with Crippen LogP contribution in [0.25, 0.3) is 0 Å². The Bertz CT molecular complexity index is 782. The molecule has 0 aliphatic rings. The fourth-order valence-electron chi connectivity index (χ4n) is 4.82. The lowest BCUT2D eigenvalue weighted by atomic mass is 9.79. The van der Waals surface area contributed by atoms with Gasteiger partial charge in [0.1, 0.15) is 5.75 Å². The molecule has 0 aliphatic heterocycles. The van der Waals surface area contributed by atoms with E-state index in [1.807, 2.05) is 31.2 Å². The molecule has 1 aromatic carbocycles. The van der Waals surface area contributed by atoms with E-state index in [4.69, 9.17) is 13.7 Å². The number of thiol groups is 1. The predicted octanol–water partition coefficient (Wildman–Crippen LogP) is 8.85. The second-order valence-corrected chi connectivity index (χ2v) is 12.7. The first-order chi connectivity index (χ1) is 18.4. The first-order valence-corrected chi connectivity index (χ1v) is 17.6. The molecule has 1 atom stereocenters. The first-order valence-electron chi connectivity index (χ1n) is 15.1. The van der Waals surface area contributed by atoms with Gasteiger partial charge in [-0.15, -0.1) is 0 Å². The summed E-state index contributed by atoms with van der Waals surface area (Å²) in [7, 11) is -3.54. The second kappa shape index (κ2) is 22.0. The summed E-state index contributed by atoms with van der Waals surface area (Å²) in [6.07, 6.45) is 23.5. The minimum atomic E-state index is -3.54. The molecule has 0 saturated carbocycles. The fourth-order valence-corrected chi connectivity index (χ4v) is 5.35. The molecule has 1 rings (SSSR count). The van der Waals surface area contributed by atoms with E-state index in [0.29, 0.717) is 13.0 Å². The molecular formula is C31H56O5S2. The van der Waals surface area contributed by atoms with Crippen molar-refractivity contribution in [2.45, 2.75) is 128 Å². The lowest BCUT2D eigenvalue weighted by molar-refractivity contribution is 0.0830. The average molecular weight is 573 g/mol. The fraction of sp³-hybridized carbons (Fsp3) is 0.806. The van der Waals surface area contributed by atoms with Crippen LogP contribution in [-0.2, 0) is 24.5 Å². The molecule has 0 N–H and O–H groups in total. The van der Waals surface area contributed by atoms with Gasteiger partial charge in [-0.3, -0.25) is 4.18 Å². The third-order valence-corrected chi connectivity index (χ3v) is 8.16. The van der Waals surface area contributed by atoms with Crippen LogP contribution in [0.4, 0.5) is 0 Å². The highest BCUT2D eigenvalue weighted by atomic mass is 32.2. The molecule has 38 heavy (non-hydrogen) atoms. The van der Waals surface area contributed by atoms with Crippen molar-refractivity contribution >= 4 is 22.7 Å². The van der Waals surface area contributed by atoms with E-state index >= 15 is 0 Å². The molecule has 1 aromatic rings. The van der Waals surface area contributed by atoms with Gasteiger partial charge in [0, 0.05) is 5.41 Å². The molecule has 0 heterocycles. The van der Waals surface area contributed by atoms with Crippen LogP contribution in [-0.4, -0.2) is 40.4 Å². The van der Waals surface area contributed by atoms with E-state index < -0.39 is 15.5 Å². The number of ether oxygens (including phenoxy) is 2. The smallest absolute Gasteiger partial charge is 0.264 e. The maximum atomic E-state index is 11.6. The monoisotopic (exact) mass is 572 g/mol. The number of benzene rings is 1. The zero-order chi connectivity index (χ0) is 28.0. The summed E-state index contributed by atoms with van der Waals surface area (Å²) < 4.78 is 39.9. The van der Waals surface area contributed by atoms with Gasteiger partial charge in [-0.05, 0) is 30.5 Å². The van der Waals surface area contributed by atoms with Crippen LogP contribution in [0.5, 0.6) is 5.75 Å². The van der Waals surface area contributed by atoms with Crippen LogP contribution >= 0.6 is 12.6 Å². The van der Waals surface area contributed by atoms with Crippen LogP contribution < -0.4 is 4.74 Å². The van der Waals surface area contributed by atoms with Crippen molar-refractivity contribution in [2.24, 2.45) is 0 Å². The van der Waals surface area contributed by atoms with Gasteiger partial charge in [-0.2, -0.15) is 21.0 Å². The van der Waals surface area contributed by atoms with Crippen molar-refractivity contribution < 1.29 is 22.1 Å². The second-order valence-electron chi connectivity index (χ2n) is 10.8. The minimum Gasteiger partial charge on any atom is -0.494 e. The van der Waals surface area contributed by atoms with E-state index in [-0.39, 0.29) is 12.5 Å². The molecular weight excluding hydrogens is 516 g/mol. The van der Waals surface area contributed by atoms with Crippen LogP contribution in [0, 0.1) is 0 Å². The summed E-state index contributed by atoms with van der Waals surface area (Å²) in [4.78, 5) is 0. The number of rotatable bonds is 26. The molecule has 5 nitrogen and oxygen atoms in total. The molecule has 0 aliphatic carbocycles. The van der Waals surface area contributed by atoms with Crippen molar-refractivity contribution in [1.29, 1.82) is 0 Å². The summed E-state index contributed by atoms with van der Waals surface area (Å²) in [5.74, 6) is 1.10. The molecule has 7 heteroatoms. The molecule has 0 aromatic heterocycles. The van der Waals surface area contributed by atoms with Gasteiger partial charge < -0.3 is 9.47 Å². The molecule has 0 radical (unpaired) electrons. The van der Waals surface area contributed by atoms with Gasteiger partial charge in [0.2, 0.25) is 0 Å². The number of unbranched alkanes of at least 4 members (excludes halogenated alkanes) is 15. The highest BCUT2D eigenvalue weighted by Gasteiger charge is 2.33. The highest BCUT2D eigenvalue weighted by molar-refractivity contribution is 7.86. The third-order valence-electron chi connectivity index (χ3n) is 7.43. The Hall–Kier alpha value is -0.760. The van der Waals surface area contributed by atoms with Crippen LogP contribution in [0.15, 0.2) is 24.3 Å². The average Bonchev–Trinajstić information content (AvgIpc) is 2.91. The van der Waals surface area contributed by atoms with E-state index in [2.05, 4.69) is 19.6 Å². The normalized spacial score (nSPS) is 13.5. The third kappa shape index (κ3) is 17.0. The Kier molecular flexibility index (Phi) is 20.4. The van der Waals surface area contributed by atoms with E-state index in [9.17, 15) is 8.42 Å². The highest BCUT2D eigenvalue weighted by Crippen LogP contribution is 2.31. The van der Waals surface area contributed by atoms with Crippen molar-refractivity contribution in [3.8, 4) is 5.75 Å². The molecule has 0 unspecified atom stereocenters. The van der Waals surface area contributed by atoms with Crippen molar-refractivity contribution in [3.05, 3.63) is 29.8 Å². The first kappa shape index (κ1) is 35.3. The van der Waals surface area contributed by atoms with E-state index in [1.54, 1.807) is 0 Å². The van der Waals surface area contributed by atoms with Gasteiger partial charge in [0.05, 0.1) is 32.0 Å². The quantitative estimate of drug-likeness (QED) is 0.0520. The lowest BCUT2D eigenvalue weighted by Crippen LogP contribution is -2.37. The maximum Gasteiger partial charge on any atom is 0.264 e. The van der Waals surface area contributed by atoms with Crippen LogP contribution in [0.3, 0.4) is 0 Å². The van der Waals surface area contributed by atoms with Crippen molar-refractivity contribution in [3.63, 3.8) is 0 Å². The summed E-state index contributed by atoms with van der Waals surface area (Å²) in [6.45, 7) is 5.38. The van der Waals surface area contributed by atoms with Crippen LogP contribution in [0.1, 0.15) is 129 Å². The van der Waals surface area contributed by atoms with Gasteiger partial charge >= 0.3 is 0 Å². The van der Waals surface area contributed by atoms with E-state index in [0.717, 1.165) is 30.6 Å². The van der Waals surface area contributed by atoms with Crippen LogP contribution in [0.2, 0.25) is 0 Å². The van der Waals surface area contributed by atoms with Gasteiger partial charge in [-0.1, -0.05) is 122 Å². The van der Waals surface area contributed by atoms with Crippen molar-refractivity contribution in [1.82, 2.24) is 0 Å². The molecule has 0 bridgehead atoms. The summed E-state index contributed by atoms with van der Waals surface area (Å²) >= 11 is 4.13. The standard InChI is InChI=1S/C31H56O5S2/c1-4-6-7-8-9-10-11-12-13-14-15-16-17-18-19-20-25-35-30-23-21-29(22-24-30)31(5-2,26-34-28-37)27-36-38(3,32)33/h21-24,37H,4-20,25-28H2,1-3H3/t31-/m1/s1. The van der Waals surface area contributed by atoms with Gasteiger partial charge in [-0.25, -0.2) is 0 Å². The number of hydrogen-bond donors (Lipinski definition) is 1. The van der Waals surface area contributed by atoms with Gasteiger partial charge in [0.25, 0.3) is 10.1 Å². The SMILES string of the molecule is CCCCCCCCCCCCCCCCCCOc1ccc([C@](CC)(COCS)COS(C)(=O)=O)cc1. The Labute approximate surface area is 240 Å². The Balaban J connectivity index is 2.17. The van der Waals surface area contributed by atoms with E-state index in [1.165, 1.54) is 96.3 Å². The summed E-state index contributed by atoms with van der Waals surface area (Å²) in [5, 5.41) is 0. The topological polar surface area (TPSA) is 61.8 Å². The molecule has 222 valence electrons. The summed E-state index contributed by atoms with van der Waals surface area (Å²) in [5.41, 5.74) is 0.415. The Morgan fingerprint density at radius 3 is 1.61 bits per heavy atom. The zero-order valence-electron chi connectivity index (χ0n) is 24.6. The van der Waals surface area contributed by atoms with Gasteiger partial charge in [0.15, 0.2) is 0 Å². The summed E-state index contributed by atoms with van der Waals surface area (Å²) in [6, 6.07) is 7.88. The Morgan fingerprint density at radius 2 is 1.18 bits per heavy atom. The predicted molar refractivity (Wildman–Crippen MR) is 164 cm³/mol. The molecule has 0 spiro atoms. The number of hydrogen-bond acceptors (Lipinski definition) is 6. The lowest BCUT2D eigenvalue weighted by Gasteiger charge is -2.32. The molecule has 0 fully saturated rings. The Morgan fingerprint density at radius 1 is 0.711 bits per heavy atom. The minimum absolute atomic E-state index is 0.0372. The largest absolute Gasteiger partial charge is 0.494 e. The molecule has 0 saturated heterocycles. The molecule has 0 amide bonds. The van der Waals surface area contributed by atoms with Crippen molar-refractivity contribution in [2.75, 3.05) is 32.0 Å². The maximum absolute atomic E-state index is 11.6. The zero-order valence-corrected chi connectivity index (χ0v) is 26.3.